The first kappa shape index (κ1) is 15.1. The van der Waals surface area contributed by atoms with E-state index in [0.29, 0.717) is 17.1 Å². The van der Waals surface area contributed by atoms with Crippen LogP contribution in [0.1, 0.15) is 38.1 Å². The van der Waals surface area contributed by atoms with Gasteiger partial charge in [0, 0.05) is 11.6 Å². The molecule has 1 aromatic carbocycles. The summed E-state index contributed by atoms with van der Waals surface area (Å²) in [6.45, 7) is 6.07. The largest absolute Gasteiger partial charge is 0.493 e. The maximum absolute atomic E-state index is 14.1. The van der Waals surface area contributed by atoms with Crippen molar-refractivity contribution in [3.63, 3.8) is 0 Å². The molecule has 2 nitrogen and oxygen atoms in total. The summed E-state index contributed by atoms with van der Waals surface area (Å²) in [5.41, 5.74) is 0.253. The van der Waals surface area contributed by atoms with Gasteiger partial charge < -0.3 is 9.47 Å². The number of rotatable bonds is 5. The second-order valence-corrected chi connectivity index (χ2v) is 5.37. The Hall–Kier alpha value is -0.960. The molecule has 0 saturated heterocycles. The predicted octanol–water partition coefficient (Wildman–Crippen LogP) is 4.56. The quantitative estimate of drug-likeness (QED) is 0.733. The van der Waals surface area contributed by atoms with Crippen LogP contribution in [0.3, 0.4) is 0 Å². The number of benzene rings is 1. The molecule has 0 aliphatic rings. The second kappa shape index (κ2) is 5.79. The van der Waals surface area contributed by atoms with Crippen molar-refractivity contribution in [1.29, 1.82) is 0 Å². The highest BCUT2D eigenvalue weighted by molar-refractivity contribution is 6.21. The molecule has 0 heterocycles. The Morgan fingerprint density at radius 1 is 1.22 bits per heavy atom. The van der Waals surface area contributed by atoms with Gasteiger partial charge in [-0.3, -0.25) is 0 Å². The van der Waals surface area contributed by atoms with Crippen molar-refractivity contribution in [2.45, 2.75) is 32.6 Å². The van der Waals surface area contributed by atoms with Crippen LogP contribution in [0, 0.1) is 11.2 Å². The van der Waals surface area contributed by atoms with Gasteiger partial charge in [0.1, 0.15) is 5.82 Å². The van der Waals surface area contributed by atoms with Crippen LogP contribution in [0.5, 0.6) is 11.5 Å². The van der Waals surface area contributed by atoms with Crippen LogP contribution in [0.15, 0.2) is 12.1 Å². The highest BCUT2D eigenvalue weighted by Gasteiger charge is 2.30. The van der Waals surface area contributed by atoms with Gasteiger partial charge in [0.15, 0.2) is 11.5 Å². The van der Waals surface area contributed by atoms with Gasteiger partial charge in [-0.15, -0.1) is 11.6 Å². The molecule has 0 aliphatic heterocycles. The van der Waals surface area contributed by atoms with E-state index < -0.39 is 5.38 Å². The maximum Gasteiger partial charge on any atom is 0.163 e. The summed E-state index contributed by atoms with van der Waals surface area (Å²) in [4.78, 5) is 0. The fraction of sp³-hybridized carbons (Fsp3) is 0.571. The highest BCUT2D eigenvalue weighted by atomic mass is 35.5. The van der Waals surface area contributed by atoms with E-state index in [1.165, 1.54) is 20.3 Å². The van der Waals surface area contributed by atoms with Crippen LogP contribution in [0.2, 0.25) is 0 Å². The first-order valence-corrected chi connectivity index (χ1v) is 6.36. The van der Waals surface area contributed by atoms with Crippen LogP contribution in [-0.4, -0.2) is 14.2 Å². The minimum absolute atomic E-state index is 0.192. The average Bonchev–Trinajstić information content (AvgIpc) is 2.37. The predicted molar refractivity (Wildman–Crippen MR) is 72.2 cm³/mol. The number of alkyl halides is 1. The molecule has 0 amide bonds. The third-order valence-corrected chi connectivity index (χ3v) is 4.20. The van der Waals surface area contributed by atoms with Crippen molar-refractivity contribution in [2.24, 2.45) is 5.41 Å². The standard InChI is InChI=1S/C14H20ClFO2/c1-6-14(2,3)13(15)9-7-11(17-4)12(18-5)8-10(9)16/h7-8,13H,6H2,1-5H3. The maximum atomic E-state index is 14.1. The molecule has 1 unspecified atom stereocenters. The Balaban J connectivity index is 3.25. The van der Waals surface area contributed by atoms with Gasteiger partial charge in [0.25, 0.3) is 0 Å². The van der Waals surface area contributed by atoms with Crippen molar-refractivity contribution >= 4 is 11.6 Å². The Bertz CT molecular complexity index is 419. The zero-order chi connectivity index (χ0) is 13.9. The van der Waals surface area contributed by atoms with E-state index in [1.54, 1.807) is 6.07 Å². The Labute approximate surface area is 113 Å². The summed E-state index contributed by atoms with van der Waals surface area (Å²) in [5.74, 6) is 0.498. The Morgan fingerprint density at radius 3 is 2.17 bits per heavy atom. The van der Waals surface area contributed by atoms with Gasteiger partial charge in [0.05, 0.1) is 19.6 Å². The van der Waals surface area contributed by atoms with E-state index >= 15 is 0 Å². The van der Waals surface area contributed by atoms with Crippen LogP contribution < -0.4 is 9.47 Å². The summed E-state index contributed by atoms with van der Waals surface area (Å²) >= 11 is 6.39. The molecular weight excluding hydrogens is 255 g/mol. The number of ether oxygens (including phenoxy) is 2. The third kappa shape index (κ3) is 2.89. The summed E-state index contributed by atoms with van der Waals surface area (Å²) in [7, 11) is 3.00. The van der Waals surface area contributed by atoms with E-state index in [1.807, 2.05) is 20.8 Å². The SMILES string of the molecule is CCC(C)(C)C(Cl)c1cc(OC)c(OC)cc1F. The lowest BCUT2D eigenvalue weighted by Crippen LogP contribution is -2.18. The topological polar surface area (TPSA) is 18.5 Å². The molecule has 0 spiro atoms. The van der Waals surface area contributed by atoms with E-state index in [-0.39, 0.29) is 11.2 Å². The zero-order valence-electron chi connectivity index (χ0n) is 11.5. The summed E-state index contributed by atoms with van der Waals surface area (Å²) in [6, 6.07) is 2.93. The van der Waals surface area contributed by atoms with Gasteiger partial charge in [-0.25, -0.2) is 4.39 Å². The Kier molecular flexibility index (Phi) is 4.85. The van der Waals surface area contributed by atoms with Crippen LogP contribution in [-0.2, 0) is 0 Å². The molecule has 0 bridgehead atoms. The van der Waals surface area contributed by atoms with E-state index in [2.05, 4.69) is 0 Å². The Morgan fingerprint density at radius 2 is 1.72 bits per heavy atom. The normalized spacial score (nSPS) is 13.3. The lowest BCUT2D eigenvalue weighted by atomic mass is 9.82. The lowest BCUT2D eigenvalue weighted by Gasteiger charge is -2.29. The van der Waals surface area contributed by atoms with Crippen molar-refractivity contribution in [2.75, 3.05) is 14.2 Å². The summed E-state index contributed by atoms with van der Waals surface area (Å²) in [6.07, 6.45) is 0.856. The number of halogens is 2. The fourth-order valence-electron chi connectivity index (χ4n) is 1.66. The molecule has 1 atom stereocenters. The highest BCUT2D eigenvalue weighted by Crippen LogP contribution is 2.44. The average molecular weight is 275 g/mol. The zero-order valence-corrected chi connectivity index (χ0v) is 12.3. The van der Waals surface area contributed by atoms with Crippen molar-refractivity contribution < 1.29 is 13.9 Å². The van der Waals surface area contributed by atoms with Crippen LogP contribution in [0.25, 0.3) is 0 Å². The van der Waals surface area contributed by atoms with Gasteiger partial charge in [-0.2, -0.15) is 0 Å². The van der Waals surface area contributed by atoms with E-state index in [4.69, 9.17) is 21.1 Å². The monoisotopic (exact) mass is 274 g/mol. The molecule has 102 valence electrons. The van der Waals surface area contributed by atoms with E-state index in [9.17, 15) is 4.39 Å². The van der Waals surface area contributed by atoms with Gasteiger partial charge in [-0.1, -0.05) is 20.8 Å². The molecule has 0 fully saturated rings. The summed E-state index contributed by atoms with van der Waals surface area (Å²) in [5, 5.41) is -0.415. The molecule has 0 saturated carbocycles. The molecule has 0 aliphatic carbocycles. The first-order valence-electron chi connectivity index (χ1n) is 5.92. The van der Waals surface area contributed by atoms with Crippen LogP contribution >= 0.6 is 11.6 Å². The van der Waals surface area contributed by atoms with Crippen molar-refractivity contribution in [3.05, 3.63) is 23.5 Å². The number of methoxy groups -OCH3 is 2. The molecule has 0 N–H and O–H groups in total. The lowest BCUT2D eigenvalue weighted by molar-refractivity contribution is 0.324. The molecule has 18 heavy (non-hydrogen) atoms. The third-order valence-electron chi connectivity index (χ3n) is 3.37. The second-order valence-electron chi connectivity index (χ2n) is 4.93. The molecule has 1 aromatic rings. The van der Waals surface area contributed by atoms with Gasteiger partial charge >= 0.3 is 0 Å². The van der Waals surface area contributed by atoms with Crippen molar-refractivity contribution in [3.8, 4) is 11.5 Å². The molecule has 4 heteroatoms. The number of hydrogen-bond acceptors (Lipinski definition) is 2. The minimum Gasteiger partial charge on any atom is -0.493 e. The van der Waals surface area contributed by atoms with E-state index in [0.717, 1.165) is 6.42 Å². The molecular formula is C14H20ClFO2. The minimum atomic E-state index is -0.415. The van der Waals surface area contributed by atoms with Crippen molar-refractivity contribution in [1.82, 2.24) is 0 Å². The number of hydrogen-bond donors (Lipinski definition) is 0. The van der Waals surface area contributed by atoms with Crippen LogP contribution in [0.4, 0.5) is 4.39 Å². The van der Waals surface area contributed by atoms with Gasteiger partial charge in [0.2, 0.25) is 0 Å². The summed E-state index contributed by atoms with van der Waals surface area (Å²) < 4.78 is 24.3. The molecule has 0 radical (unpaired) electrons. The smallest absolute Gasteiger partial charge is 0.163 e. The molecule has 0 aromatic heterocycles. The molecule has 1 rings (SSSR count). The first-order chi connectivity index (χ1) is 8.37. The fourth-order valence-corrected chi connectivity index (χ4v) is 1.99. The van der Waals surface area contributed by atoms with Gasteiger partial charge in [-0.05, 0) is 17.9 Å².